The van der Waals surface area contributed by atoms with Crippen LogP contribution in [-0.2, 0) is 92.1 Å². The molecule has 6 rings (SSSR count). The molecule has 1 aliphatic carbocycles. The van der Waals surface area contributed by atoms with Crippen LogP contribution in [0.1, 0.15) is 80.5 Å². The van der Waals surface area contributed by atoms with E-state index in [0.717, 1.165) is 10.9 Å². The van der Waals surface area contributed by atoms with Gasteiger partial charge in [0.15, 0.2) is 5.78 Å². The first-order chi connectivity index (χ1) is 48.7. The Hall–Kier alpha value is -7.77. The van der Waals surface area contributed by atoms with Crippen LogP contribution in [-0.4, -0.2) is 213 Å². The molecule has 5 aromatic rings. The van der Waals surface area contributed by atoms with Gasteiger partial charge >= 0.3 is 23.7 Å². The van der Waals surface area contributed by atoms with Gasteiger partial charge in [0.25, 0.3) is 0 Å². The molecule has 27 heteroatoms. The summed E-state index contributed by atoms with van der Waals surface area (Å²) < 4.78 is 83.0. The number of carbonyl (C=O) groups excluding carboxylic acids is 6. The van der Waals surface area contributed by atoms with Crippen LogP contribution in [0, 0.1) is 18.8 Å². The second kappa shape index (κ2) is 48.9. The van der Waals surface area contributed by atoms with Gasteiger partial charge in [-0.05, 0) is 89.8 Å². The highest BCUT2D eigenvalue weighted by Gasteiger charge is 2.31. The molecule has 27 nitrogen and oxygen atoms in total. The summed E-state index contributed by atoms with van der Waals surface area (Å²) in [7, 11) is 0. The zero-order valence-electron chi connectivity index (χ0n) is 57.9. The lowest BCUT2D eigenvalue weighted by atomic mass is 9.89. The second-order valence-electron chi connectivity index (χ2n) is 23.5. The number of anilines is 2. The number of Topliss-reactive ketones (excluding diaryl/α,β-unsaturated/α-hetero) is 1. The largest absolute Gasteiger partial charge is 0.465 e. The van der Waals surface area contributed by atoms with Gasteiger partial charge in [-0.2, -0.15) is 0 Å². The molecule has 0 saturated heterocycles. The van der Waals surface area contributed by atoms with Crippen molar-refractivity contribution in [2.45, 2.75) is 77.9 Å². The van der Waals surface area contributed by atoms with Gasteiger partial charge in [-0.25, -0.2) is 14.4 Å². The minimum atomic E-state index is -0.868. The highest BCUT2D eigenvalue weighted by Crippen LogP contribution is 2.44. The summed E-state index contributed by atoms with van der Waals surface area (Å²) in [5, 5.41) is 11.5. The Labute approximate surface area is 584 Å². The maximum Gasteiger partial charge on any atom is 0.411 e. The average molecular weight is 1400 g/mol. The number of hydrogen-bond acceptors (Lipinski definition) is 22. The van der Waals surface area contributed by atoms with Crippen molar-refractivity contribution in [3.8, 4) is 11.1 Å². The maximum atomic E-state index is 13.7. The third-order valence-electron chi connectivity index (χ3n) is 15.6. The van der Waals surface area contributed by atoms with Gasteiger partial charge in [-0.15, -0.1) is 0 Å². The van der Waals surface area contributed by atoms with Crippen molar-refractivity contribution < 1.29 is 99.5 Å². The second-order valence-corrected chi connectivity index (χ2v) is 23.5. The van der Waals surface area contributed by atoms with Gasteiger partial charge in [-0.3, -0.25) is 24.5 Å². The maximum absolute atomic E-state index is 13.7. The SMILES string of the molecule is Cc1cc(=O)oc2cc(NC(=O)OCc3ccc(NC(=O)C(CCCNC(N)=O)CC(=O)C(NC(=O)CCOCCOCCOCCOCCOCCOCCOCCOCCOCCOCCOCCOCCCC(=O)OCC4c5ccccc5-c5ccccc54)C(C)C)cc3)ccc12. The van der Waals surface area contributed by atoms with E-state index in [2.05, 4.69) is 45.5 Å². The standard InChI is InChI=1S/C73H101N5O22/c1-53(2)70(65(79)49-56(10-8-23-75-72(74)84)71(83)76-57-18-16-55(17-19-57)51-99-73(85)77-58-20-21-59-54(3)48-69(82)100-66(59)50-58)78-67(80)22-25-87-27-29-89-31-33-91-35-37-93-39-41-95-43-45-97-47-46-96-44-42-94-40-38-92-36-34-90-32-30-88-28-26-86-24-9-15-68(81)98-52-64-62-13-6-4-11-60(62)61-12-5-7-14-63(61)64/h4-7,11-14,16-21,48,50,53,56,64,70H,8-10,15,22-47,49,51-52H2,1-3H3,(H,76,83)(H,77,85)(H,78,80)(H3,74,75,84). The molecule has 4 aromatic carbocycles. The fourth-order valence-corrected chi connectivity index (χ4v) is 10.4. The molecule has 5 amide bonds. The minimum absolute atomic E-state index is 0.00255. The molecule has 0 saturated carbocycles. The van der Waals surface area contributed by atoms with Crippen molar-refractivity contribution in [3.63, 3.8) is 0 Å². The monoisotopic (exact) mass is 1400 g/mol. The van der Waals surface area contributed by atoms with E-state index in [1.54, 1.807) is 57.2 Å². The number of nitrogens with one attached hydrogen (secondary N) is 4. The molecule has 0 fully saturated rings. The first-order valence-corrected chi connectivity index (χ1v) is 34.3. The predicted octanol–water partition coefficient (Wildman–Crippen LogP) is 7.68. The molecule has 0 aliphatic heterocycles. The minimum Gasteiger partial charge on any atom is -0.465 e. The fourth-order valence-electron chi connectivity index (χ4n) is 10.4. The lowest BCUT2D eigenvalue weighted by Crippen LogP contribution is -2.45. The van der Waals surface area contributed by atoms with Crippen molar-refractivity contribution in [1.29, 1.82) is 0 Å². The van der Waals surface area contributed by atoms with Crippen molar-refractivity contribution >= 4 is 58.0 Å². The number of carbonyl (C=O) groups is 6. The number of aryl methyl sites for hydroxylation is 1. The van der Waals surface area contributed by atoms with Gasteiger partial charge < -0.3 is 92.4 Å². The number of rotatable bonds is 56. The van der Waals surface area contributed by atoms with Gasteiger partial charge in [0.2, 0.25) is 11.8 Å². The Morgan fingerprint density at radius 1 is 0.520 bits per heavy atom. The summed E-state index contributed by atoms with van der Waals surface area (Å²) in [5.41, 5.74) is 12.1. The number of ether oxygens (including phenoxy) is 14. The highest BCUT2D eigenvalue weighted by atomic mass is 16.6. The number of hydrogen-bond donors (Lipinski definition) is 5. The zero-order chi connectivity index (χ0) is 71.2. The van der Waals surface area contributed by atoms with Crippen molar-refractivity contribution in [2.24, 2.45) is 17.6 Å². The zero-order valence-corrected chi connectivity index (χ0v) is 57.9. The van der Waals surface area contributed by atoms with Gasteiger partial charge in [0.1, 0.15) is 18.8 Å². The van der Waals surface area contributed by atoms with Crippen molar-refractivity contribution in [2.75, 3.05) is 182 Å². The molecule has 2 unspecified atom stereocenters. The van der Waals surface area contributed by atoms with Gasteiger partial charge in [0, 0.05) is 73.1 Å². The highest BCUT2D eigenvalue weighted by molar-refractivity contribution is 5.97. The van der Waals surface area contributed by atoms with Crippen LogP contribution in [0.25, 0.3) is 22.1 Å². The Kier molecular flexibility index (Phi) is 39.7. The van der Waals surface area contributed by atoms with Crippen LogP contribution >= 0.6 is 0 Å². The molecule has 1 heterocycles. The first-order valence-electron chi connectivity index (χ1n) is 34.3. The lowest BCUT2D eigenvalue weighted by Gasteiger charge is -2.24. The number of fused-ring (bicyclic) bond motifs is 4. The third kappa shape index (κ3) is 32.7. The summed E-state index contributed by atoms with van der Waals surface area (Å²) >= 11 is 0. The summed E-state index contributed by atoms with van der Waals surface area (Å²) in [6.45, 7) is 15.5. The number of primary amides is 1. The topological polar surface area (TPSA) is 336 Å². The number of benzene rings is 4. The average Bonchev–Trinajstić information content (AvgIpc) is 1.61. The third-order valence-corrected chi connectivity index (χ3v) is 15.6. The van der Waals surface area contributed by atoms with E-state index in [0.29, 0.717) is 194 Å². The van der Waals surface area contributed by atoms with Crippen LogP contribution in [0.2, 0.25) is 0 Å². The van der Waals surface area contributed by atoms with Crippen LogP contribution < -0.4 is 32.6 Å². The molecule has 1 aromatic heterocycles. The van der Waals surface area contributed by atoms with Crippen molar-refractivity contribution in [1.82, 2.24) is 10.6 Å². The quantitative estimate of drug-likeness (QED) is 0.0141. The fraction of sp³-hybridized carbons (Fsp3) is 0.548. The number of nitrogens with two attached hydrogens (primary N) is 1. The van der Waals surface area contributed by atoms with Crippen molar-refractivity contribution in [3.05, 3.63) is 130 Å². The Morgan fingerprint density at radius 2 is 0.990 bits per heavy atom. The molecule has 2 atom stereocenters. The van der Waals surface area contributed by atoms with Crippen LogP contribution in [0.5, 0.6) is 0 Å². The first kappa shape index (κ1) is 81.2. The van der Waals surface area contributed by atoms with E-state index in [1.807, 2.05) is 24.3 Å². The summed E-state index contributed by atoms with van der Waals surface area (Å²) in [5.74, 6) is -2.40. The molecule has 1 aliphatic rings. The predicted molar refractivity (Wildman–Crippen MR) is 371 cm³/mol. The van der Waals surface area contributed by atoms with E-state index >= 15 is 0 Å². The number of ketones is 1. The van der Waals surface area contributed by atoms with E-state index in [4.69, 9.17) is 76.5 Å². The van der Waals surface area contributed by atoms with E-state index in [9.17, 15) is 33.6 Å². The summed E-state index contributed by atoms with van der Waals surface area (Å²) in [4.78, 5) is 88.5. The number of urea groups is 1. The van der Waals surface area contributed by atoms with E-state index in [-0.39, 0.29) is 75.1 Å². The van der Waals surface area contributed by atoms with Crippen LogP contribution in [0.3, 0.4) is 0 Å². The summed E-state index contributed by atoms with van der Waals surface area (Å²) in [6.07, 6.45) is 0.578. The number of amides is 5. The van der Waals surface area contributed by atoms with Crippen LogP contribution in [0.4, 0.5) is 21.0 Å². The Bertz CT molecular complexity index is 3210. The van der Waals surface area contributed by atoms with E-state index in [1.165, 1.54) is 34.4 Å². The van der Waals surface area contributed by atoms with Crippen LogP contribution in [0.15, 0.2) is 106 Å². The number of esters is 1. The van der Waals surface area contributed by atoms with Gasteiger partial charge in [-0.1, -0.05) is 74.5 Å². The Balaban J connectivity index is 0.648. The molecule has 0 radical (unpaired) electrons. The summed E-state index contributed by atoms with van der Waals surface area (Å²) in [6, 6.07) is 27.9. The molecular weight excluding hydrogens is 1300 g/mol. The molecule has 100 heavy (non-hydrogen) atoms. The van der Waals surface area contributed by atoms with E-state index < -0.39 is 35.6 Å². The molecular formula is C73H101N5O22. The molecule has 0 spiro atoms. The normalized spacial score (nSPS) is 12.4. The lowest BCUT2D eigenvalue weighted by molar-refractivity contribution is -0.144. The molecule has 6 N–H and O–H groups in total. The molecule has 550 valence electrons. The molecule has 0 bridgehead atoms. The van der Waals surface area contributed by atoms with Gasteiger partial charge in [0.05, 0.1) is 158 Å². The Morgan fingerprint density at radius 3 is 1.48 bits per heavy atom. The smallest absolute Gasteiger partial charge is 0.411 e.